The molecule has 1 aliphatic rings. The maximum Gasteiger partial charge on any atom is 0.191 e. The van der Waals surface area contributed by atoms with Crippen LogP contribution in [0.2, 0.25) is 0 Å². The van der Waals surface area contributed by atoms with Gasteiger partial charge in [0.1, 0.15) is 10.8 Å². The predicted molar refractivity (Wildman–Crippen MR) is 82.2 cm³/mol. The number of thiazole rings is 1. The second kappa shape index (κ2) is 4.86. The van der Waals surface area contributed by atoms with E-state index in [1.54, 1.807) is 23.1 Å². The average Bonchev–Trinajstić information content (AvgIpc) is 3.09. The standard InChI is InChI=1S/C14H14N4S2/c1-9-16-17-14(18(9)10-6-7-10)19-8-13-15-11-4-2-3-5-12(11)20-13/h2-5,10H,6-8H2,1H3. The van der Waals surface area contributed by atoms with E-state index >= 15 is 0 Å². The first-order valence-electron chi connectivity index (χ1n) is 6.70. The van der Waals surface area contributed by atoms with Gasteiger partial charge in [-0.25, -0.2) is 4.98 Å². The number of aryl methyl sites for hydroxylation is 1. The first kappa shape index (κ1) is 12.3. The Morgan fingerprint density at radius 1 is 1.30 bits per heavy atom. The second-order valence-corrected chi connectivity index (χ2v) is 7.05. The Bertz CT molecular complexity index is 724. The van der Waals surface area contributed by atoms with Gasteiger partial charge in [-0.15, -0.1) is 21.5 Å². The minimum absolute atomic E-state index is 0.628. The fraction of sp³-hybridized carbons (Fsp3) is 0.357. The molecule has 2 heterocycles. The van der Waals surface area contributed by atoms with Gasteiger partial charge in [0.2, 0.25) is 0 Å². The van der Waals surface area contributed by atoms with Crippen molar-refractivity contribution in [2.24, 2.45) is 0 Å². The molecule has 0 N–H and O–H groups in total. The van der Waals surface area contributed by atoms with Crippen LogP contribution in [-0.4, -0.2) is 19.7 Å². The number of rotatable bonds is 4. The van der Waals surface area contributed by atoms with Crippen LogP contribution >= 0.6 is 23.1 Å². The lowest BCUT2D eigenvalue weighted by molar-refractivity contribution is 0.644. The van der Waals surface area contributed by atoms with Crippen LogP contribution in [0.3, 0.4) is 0 Å². The van der Waals surface area contributed by atoms with Crippen molar-refractivity contribution in [3.8, 4) is 0 Å². The maximum atomic E-state index is 4.66. The Morgan fingerprint density at radius 2 is 2.15 bits per heavy atom. The van der Waals surface area contributed by atoms with Gasteiger partial charge in [-0.3, -0.25) is 0 Å². The molecule has 4 rings (SSSR count). The zero-order chi connectivity index (χ0) is 13.5. The monoisotopic (exact) mass is 302 g/mol. The van der Waals surface area contributed by atoms with Crippen LogP contribution in [0.5, 0.6) is 0 Å². The molecule has 1 saturated carbocycles. The number of fused-ring (bicyclic) bond motifs is 1. The predicted octanol–water partition coefficient (Wildman–Crippen LogP) is 3.82. The van der Waals surface area contributed by atoms with Gasteiger partial charge in [0.05, 0.1) is 16.0 Å². The molecule has 1 aliphatic carbocycles. The number of nitrogens with zero attached hydrogens (tertiary/aromatic N) is 4. The lowest BCUT2D eigenvalue weighted by Gasteiger charge is -2.04. The van der Waals surface area contributed by atoms with Crippen LogP contribution < -0.4 is 0 Å². The third kappa shape index (κ3) is 2.23. The van der Waals surface area contributed by atoms with Crippen LogP contribution in [0, 0.1) is 6.92 Å². The fourth-order valence-corrected chi connectivity index (χ4v) is 4.32. The molecule has 0 radical (unpaired) electrons. The molecule has 0 amide bonds. The minimum Gasteiger partial charge on any atom is -0.303 e. The number of thioether (sulfide) groups is 1. The second-order valence-electron chi connectivity index (χ2n) is 4.99. The van der Waals surface area contributed by atoms with Crippen LogP contribution in [-0.2, 0) is 5.75 Å². The summed E-state index contributed by atoms with van der Waals surface area (Å²) in [6.45, 7) is 2.03. The number of aromatic nitrogens is 4. The number of hydrogen-bond donors (Lipinski definition) is 0. The zero-order valence-corrected chi connectivity index (χ0v) is 12.7. The van der Waals surface area contributed by atoms with E-state index in [0.717, 1.165) is 27.3 Å². The minimum atomic E-state index is 0.628. The third-order valence-electron chi connectivity index (χ3n) is 3.41. The van der Waals surface area contributed by atoms with Crippen molar-refractivity contribution in [2.45, 2.75) is 36.7 Å². The Kier molecular flexibility index (Phi) is 3.00. The first-order chi connectivity index (χ1) is 9.81. The Labute approximate surface area is 125 Å². The topological polar surface area (TPSA) is 43.6 Å². The van der Waals surface area contributed by atoms with Crippen molar-refractivity contribution in [1.82, 2.24) is 19.7 Å². The first-order valence-corrected chi connectivity index (χ1v) is 8.50. The highest BCUT2D eigenvalue weighted by molar-refractivity contribution is 7.98. The van der Waals surface area contributed by atoms with Crippen molar-refractivity contribution >= 4 is 33.3 Å². The molecule has 1 aromatic carbocycles. The molecule has 0 atom stereocenters. The van der Waals surface area contributed by atoms with Gasteiger partial charge < -0.3 is 4.57 Å². The van der Waals surface area contributed by atoms with Gasteiger partial charge in [-0.05, 0) is 31.9 Å². The summed E-state index contributed by atoms with van der Waals surface area (Å²) in [5.41, 5.74) is 1.09. The highest BCUT2D eigenvalue weighted by Gasteiger charge is 2.28. The summed E-state index contributed by atoms with van der Waals surface area (Å²) in [4.78, 5) is 4.66. The summed E-state index contributed by atoms with van der Waals surface area (Å²) in [6, 6.07) is 8.91. The molecule has 2 aromatic heterocycles. The average molecular weight is 302 g/mol. The molecule has 3 aromatic rings. The maximum absolute atomic E-state index is 4.66. The SMILES string of the molecule is Cc1nnc(SCc2nc3ccccc3s2)n1C1CC1. The molecular weight excluding hydrogens is 288 g/mol. The summed E-state index contributed by atoms with van der Waals surface area (Å²) >= 11 is 3.51. The molecule has 0 saturated heterocycles. The molecule has 102 valence electrons. The molecule has 0 aliphatic heterocycles. The molecule has 0 bridgehead atoms. The van der Waals surface area contributed by atoms with Crippen LogP contribution in [0.15, 0.2) is 29.4 Å². The Hall–Kier alpha value is -1.40. The van der Waals surface area contributed by atoms with Crippen LogP contribution in [0.25, 0.3) is 10.2 Å². The molecule has 20 heavy (non-hydrogen) atoms. The summed E-state index contributed by atoms with van der Waals surface area (Å²) < 4.78 is 3.53. The Balaban J connectivity index is 1.55. The van der Waals surface area contributed by atoms with Crippen LogP contribution in [0.4, 0.5) is 0 Å². The molecule has 1 fully saturated rings. The summed E-state index contributed by atoms with van der Waals surface area (Å²) in [5, 5.41) is 10.7. The lowest BCUT2D eigenvalue weighted by Crippen LogP contribution is -1.98. The van der Waals surface area contributed by atoms with Gasteiger partial charge in [-0.2, -0.15) is 0 Å². The van der Waals surface area contributed by atoms with E-state index in [-0.39, 0.29) is 0 Å². The highest BCUT2D eigenvalue weighted by Crippen LogP contribution is 2.39. The van der Waals surface area contributed by atoms with E-state index < -0.39 is 0 Å². The molecule has 0 spiro atoms. The number of hydrogen-bond acceptors (Lipinski definition) is 5. The van der Waals surface area contributed by atoms with E-state index in [4.69, 9.17) is 0 Å². The largest absolute Gasteiger partial charge is 0.303 e. The van der Waals surface area contributed by atoms with Gasteiger partial charge >= 0.3 is 0 Å². The van der Waals surface area contributed by atoms with Gasteiger partial charge in [-0.1, -0.05) is 23.9 Å². The summed E-state index contributed by atoms with van der Waals surface area (Å²) in [5.74, 6) is 1.89. The van der Waals surface area contributed by atoms with E-state index in [2.05, 4.69) is 37.9 Å². The van der Waals surface area contributed by atoms with Crippen molar-refractivity contribution < 1.29 is 0 Å². The normalized spacial score (nSPS) is 15.1. The Morgan fingerprint density at radius 3 is 2.95 bits per heavy atom. The van der Waals surface area contributed by atoms with Crippen molar-refractivity contribution in [2.75, 3.05) is 0 Å². The summed E-state index contributed by atoms with van der Waals surface area (Å²) in [7, 11) is 0. The zero-order valence-electron chi connectivity index (χ0n) is 11.1. The van der Waals surface area contributed by atoms with Crippen molar-refractivity contribution in [1.29, 1.82) is 0 Å². The number of para-hydroxylation sites is 1. The molecule has 0 unspecified atom stereocenters. The number of benzene rings is 1. The lowest BCUT2D eigenvalue weighted by atomic mass is 10.3. The van der Waals surface area contributed by atoms with E-state index in [0.29, 0.717) is 6.04 Å². The van der Waals surface area contributed by atoms with E-state index in [1.807, 2.05) is 13.0 Å². The third-order valence-corrected chi connectivity index (χ3v) is 5.58. The smallest absolute Gasteiger partial charge is 0.191 e. The highest BCUT2D eigenvalue weighted by atomic mass is 32.2. The van der Waals surface area contributed by atoms with E-state index in [1.165, 1.54) is 17.5 Å². The van der Waals surface area contributed by atoms with Crippen molar-refractivity contribution in [3.63, 3.8) is 0 Å². The van der Waals surface area contributed by atoms with Gasteiger partial charge in [0.25, 0.3) is 0 Å². The van der Waals surface area contributed by atoms with E-state index in [9.17, 15) is 0 Å². The molecular formula is C14H14N4S2. The fourth-order valence-electron chi connectivity index (χ4n) is 2.31. The van der Waals surface area contributed by atoms with Crippen LogP contribution in [0.1, 0.15) is 29.7 Å². The molecule has 4 nitrogen and oxygen atoms in total. The molecule has 6 heteroatoms. The summed E-state index contributed by atoms with van der Waals surface area (Å²) in [6.07, 6.45) is 2.52. The van der Waals surface area contributed by atoms with Gasteiger partial charge in [0.15, 0.2) is 5.16 Å². The van der Waals surface area contributed by atoms with Gasteiger partial charge in [0, 0.05) is 6.04 Å². The van der Waals surface area contributed by atoms with Crippen molar-refractivity contribution in [3.05, 3.63) is 35.1 Å². The quantitative estimate of drug-likeness (QED) is 0.687.